The number of alkyl halides is 1. The van der Waals surface area contributed by atoms with Gasteiger partial charge in [-0.15, -0.1) is 0 Å². The van der Waals surface area contributed by atoms with Gasteiger partial charge >= 0.3 is 12.0 Å². The second-order valence-corrected chi connectivity index (χ2v) is 9.33. The van der Waals surface area contributed by atoms with Crippen LogP contribution >= 0.6 is 11.6 Å². The van der Waals surface area contributed by atoms with E-state index in [0.29, 0.717) is 23.9 Å². The number of carbonyl (C=O) groups is 2. The van der Waals surface area contributed by atoms with Crippen LogP contribution in [0, 0.1) is 18.8 Å². The van der Waals surface area contributed by atoms with Crippen LogP contribution in [0.25, 0.3) is 0 Å². The summed E-state index contributed by atoms with van der Waals surface area (Å²) in [5.74, 6) is 0.577. The summed E-state index contributed by atoms with van der Waals surface area (Å²) in [6, 6.07) is 13.1. The molecule has 2 aromatic carbocycles. The Hall–Kier alpha value is -2.73. The molecule has 0 radical (unpaired) electrons. The van der Waals surface area contributed by atoms with Gasteiger partial charge in [-0.2, -0.15) is 0 Å². The van der Waals surface area contributed by atoms with E-state index in [1.54, 1.807) is 0 Å². The van der Waals surface area contributed by atoms with E-state index in [4.69, 9.17) is 16.3 Å². The van der Waals surface area contributed by atoms with Crippen molar-refractivity contribution < 1.29 is 14.3 Å². The highest BCUT2D eigenvalue weighted by molar-refractivity contribution is 6.17. The third-order valence-corrected chi connectivity index (χ3v) is 5.07. The third kappa shape index (κ3) is 16.8. The van der Waals surface area contributed by atoms with Gasteiger partial charge in [-0.1, -0.05) is 105 Å². The molecule has 0 saturated heterocycles. The number of hydrogen-bond acceptors (Lipinski definition) is 4. The molecule has 0 saturated carbocycles. The number of hydrogen-bond donors (Lipinski definition) is 2. The Balaban J connectivity index is 0. The average Bonchev–Trinajstić information content (AvgIpc) is 2.91. The fourth-order valence-corrected chi connectivity index (χ4v) is 3.69. The first-order chi connectivity index (χ1) is 18.7. The normalized spacial score (nSPS) is 9.69. The molecule has 39 heavy (non-hydrogen) atoms. The molecular weight excluding hydrogens is 510 g/mol. The number of carbonyl (C=O) groups excluding carboxylic acids is 2. The molecule has 0 aliphatic rings. The van der Waals surface area contributed by atoms with Gasteiger partial charge < -0.3 is 20.3 Å². The van der Waals surface area contributed by atoms with Crippen molar-refractivity contribution >= 4 is 40.7 Å². The predicted molar refractivity (Wildman–Crippen MR) is 171 cm³/mol. The molecule has 0 unspecified atom stereocenters. The van der Waals surface area contributed by atoms with E-state index in [1.165, 1.54) is 0 Å². The number of esters is 1. The zero-order valence-electron chi connectivity index (χ0n) is 26.3. The zero-order valence-corrected chi connectivity index (χ0v) is 27.0. The monoisotopic (exact) mass is 563 g/mol. The van der Waals surface area contributed by atoms with Gasteiger partial charge in [0.2, 0.25) is 0 Å². The molecule has 2 N–H and O–H groups in total. The summed E-state index contributed by atoms with van der Waals surface area (Å²) in [5, 5.41) is 5.92. The van der Waals surface area contributed by atoms with E-state index < -0.39 is 0 Å². The molecule has 2 amide bonds. The summed E-state index contributed by atoms with van der Waals surface area (Å²) in [6.07, 6.45) is 0.724. The highest BCUT2D eigenvalue weighted by atomic mass is 35.5. The highest BCUT2D eigenvalue weighted by Crippen LogP contribution is 2.30. The summed E-state index contributed by atoms with van der Waals surface area (Å²) >= 11 is 5.47. The van der Waals surface area contributed by atoms with Crippen LogP contribution in [0.5, 0.6) is 0 Å². The van der Waals surface area contributed by atoms with E-state index in [2.05, 4.69) is 43.2 Å². The smallest absolute Gasteiger partial charge is 0.323 e. The second-order valence-electron chi connectivity index (χ2n) is 9.11. The van der Waals surface area contributed by atoms with Gasteiger partial charge in [-0.25, -0.2) is 4.79 Å². The molecule has 0 aromatic heterocycles. The maximum absolute atomic E-state index is 12.8. The molecule has 7 heteroatoms. The van der Waals surface area contributed by atoms with Crippen LogP contribution in [0.4, 0.5) is 21.9 Å². The fraction of sp³-hybridized carbons (Fsp3) is 0.562. The minimum Gasteiger partial charge on any atom is -0.449 e. The van der Waals surface area contributed by atoms with Crippen LogP contribution in [0.15, 0.2) is 42.5 Å². The molecule has 0 aliphatic heterocycles. The number of rotatable bonds is 11. The first kappa shape index (κ1) is 38.4. The lowest BCUT2D eigenvalue weighted by atomic mass is 10.1. The van der Waals surface area contributed by atoms with Crippen molar-refractivity contribution in [3.8, 4) is 0 Å². The van der Waals surface area contributed by atoms with Gasteiger partial charge in [0, 0.05) is 25.2 Å². The molecule has 2 rings (SSSR count). The third-order valence-electron chi connectivity index (χ3n) is 4.96. The Bertz CT molecular complexity index is 905. The topological polar surface area (TPSA) is 70.7 Å². The number of nitrogens with one attached hydrogen (secondary N) is 2. The standard InChI is InChI=1S/C26H36ClN3O3.3C2H6/c1-18(2)15-30(16-19(3)4)24-12-8-21(9-13-25(31)33-17-27)14-23(24)29-26(32)28-22-10-6-20(5)7-11-22;3*1-2/h6-8,10-12,14,18-19H,9,13,15-17H2,1-5H3,(H2,28,29,32);3*1-2H3. The number of ether oxygens (including phenoxy) is 1. The molecular formula is C32H54ClN3O3. The number of halogens is 1. The highest BCUT2D eigenvalue weighted by Gasteiger charge is 2.17. The first-order valence-electron chi connectivity index (χ1n) is 14.4. The largest absolute Gasteiger partial charge is 0.449 e. The Morgan fingerprint density at radius 3 is 1.87 bits per heavy atom. The molecule has 0 aliphatic carbocycles. The van der Waals surface area contributed by atoms with Crippen molar-refractivity contribution in [2.45, 2.75) is 89.0 Å². The molecule has 0 atom stereocenters. The van der Waals surface area contributed by atoms with Crippen molar-refractivity contribution in [2.24, 2.45) is 11.8 Å². The van der Waals surface area contributed by atoms with Gasteiger partial charge in [0.1, 0.15) is 0 Å². The SMILES string of the molecule is CC.CC.CC.Cc1ccc(NC(=O)Nc2cc(CCC(=O)OCCl)ccc2N(CC(C)C)CC(C)C)cc1. The van der Waals surface area contributed by atoms with E-state index in [0.717, 1.165) is 35.6 Å². The minimum absolute atomic E-state index is 0.150. The second kappa shape index (κ2) is 23.2. The van der Waals surface area contributed by atoms with Crippen molar-refractivity contribution in [3.63, 3.8) is 0 Å². The summed E-state index contributed by atoms with van der Waals surface area (Å²) in [7, 11) is 0. The average molecular weight is 564 g/mol. The van der Waals surface area contributed by atoms with Crippen molar-refractivity contribution in [3.05, 3.63) is 53.6 Å². The Labute approximate surface area is 243 Å². The number of aryl methyl sites for hydroxylation is 2. The molecule has 222 valence electrons. The predicted octanol–water partition coefficient (Wildman–Crippen LogP) is 9.51. The zero-order chi connectivity index (χ0) is 30.4. The van der Waals surface area contributed by atoms with E-state index in [9.17, 15) is 9.59 Å². The summed E-state index contributed by atoms with van der Waals surface area (Å²) in [5.41, 5.74) is 4.46. The fourth-order valence-electron chi connectivity index (χ4n) is 3.57. The quantitative estimate of drug-likeness (QED) is 0.211. The number of amides is 2. The number of urea groups is 1. The van der Waals surface area contributed by atoms with Crippen LogP contribution in [-0.2, 0) is 16.0 Å². The van der Waals surface area contributed by atoms with Crippen molar-refractivity contribution in [2.75, 3.05) is 34.7 Å². The van der Waals surface area contributed by atoms with Crippen LogP contribution < -0.4 is 15.5 Å². The van der Waals surface area contributed by atoms with Gasteiger partial charge in [-0.05, 0) is 55.0 Å². The number of nitrogens with zero attached hydrogens (tertiary/aromatic N) is 1. The molecule has 0 fully saturated rings. The Morgan fingerprint density at radius 1 is 0.846 bits per heavy atom. The summed E-state index contributed by atoms with van der Waals surface area (Å²) in [4.78, 5) is 26.9. The van der Waals surface area contributed by atoms with E-state index in [-0.39, 0.29) is 24.5 Å². The molecule has 0 spiro atoms. The maximum atomic E-state index is 12.8. The van der Waals surface area contributed by atoms with Gasteiger partial charge in [-0.3, -0.25) is 4.79 Å². The van der Waals surface area contributed by atoms with Crippen LogP contribution in [0.3, 0.4) is 0 Å². The van der Waals surface area contributed by atoms with E-state index >= 15 is 0 Å². The Kier molecular flexibility index (Phi) is 22.8. The Morgan fingerprint density at radius 2 is 1.38 bits per heavy atom. The molecule has 0 bridgehead atoms. The van der Waals surface area contributed by atoms with Gasteiger partial charge in [0.25, 0.3) is 0 Å². The minimum atomic E-state index is -0.345. The maximum Gasteiger partial charge on any atom is 0.323 e. The molecule has 2 aromatic rings. The van der Waals surface area contributed by atoms with Gasteiger partial charge in [0.05, 0.1) is 11.4 Å². The summed E-state index contributed by atoms with van der Waals surface area (Å²) < 4.78 is 4.82. The number of anilines is 3. The first-order valence-corrected chi connectivity index (χ1v) is 15.0. The lowest BCUT2D eigenvalue weighted by Crippen LogP contribution is -2.32. The summed E-state index contributed by atoms with van der Waals surface area (Å²) in [6.45, 7) is 24.5. The lowest BCUT2D eigenvalue weighted by molar-refractivity contribution is -0.141. The van der Waals surface area contributed by atoms with Crippen molar-refractivity contribution in [1.82, 2.24) is 0 Å². The van der Waals surface area contributed by atoms with Crippen LogP contribution in [-0.4, -0.2) is 31.2 Å². The van der Waals surface area contributed by atoms with Gasteiger partial charge in [0.15, 0.2) is 6.07 Å². The van der Waals surface area contributed by atoms with Crippen LogP contribution in [0.1, 0.15) is 86.8 Å². The lowest BCUT2D eigenvalue weighted by Gasteiger charge is -2.30. The van der Waals surface area contributed by atoms with E-state index in [1.807, 2.05) is 90.9 Å². The van der Waals surface area contributed by atoms with Crippen molar-refractivity contribution in [1.29, 1.82) is 0 Å². The van der Waals surface area contributed by atoms with Crippen LogP contribution in [0.2, 0.25) is 0 Å². The molecule has 6 nitrogen and oxygen atoms in total. The number of benzene rings is 2. The molecule has 0 heterocycles.